The van der Waals surface area contributed by atoms with E-state index >= 15 is 0 Å². The SMILES string of the molecule is CCCC(NCC(O)CC(C)(C)C)C(=O)OCC. The zero-order valence-corrected chi connectivity index (χ0v) is 12.5. The van der Waals surface area contributed by atoms with Crippen LogP contribution in [-0.4, -0.2) is 36.4 Å². The molecule has 0 aromatic carbocycles. The Labute approximate surface area is 111 Å². The van der Waals surface area contributed by atoms with E-state index in [1.54, 1.807) is 6.92 Å². The van der Waals surface area contributed by atoms with E-state index in [1.807, 2.05) is 6.92 Å². The molecule has 0 aliphatic carbocycles. The summed E-state index contributed by atoms with van der Waals surface area (Å²) >= 11 is 0. The maximum absolute atomic E-state index is 11.7. The number of carbonyl (C=O) groups excluding carboxylic acids is 1. The second-order valence-corrected chi connectivity index (χ2v) is 5.92. The molecule has 18 heavy (non-hydrogen) atoms. The molecule has 0 fully saturated rings. The minimum atomic E-state index is -0.432. The van der Waals surface area contributed by atoms with Crippen molar-refractivity contribution in [3.05, 3.63) is 0 Å². The first-order valence-corrected chi connectivity index (χ1v) is 6.88. The molecule has 4 nitrogen and oxygen atoms in total. The highest BCUT2D eigenvalue weighted by molar-refractivity contribution is 5.75. The molecule has 0 aromatic rings. The fourth-order valence-corrected chi connectivity index (χ4v) is 1.89. The van der Waals surface area contributed by atoms with Crippen LogP contribution in [0.25, 0.3) is 0 Å². The van der Waals surface area contributed by atoms with Gasteiger partial charge < -0.3 is 15.2 Å². The molecule has 0 radical (unpaired) electrons. The Balaban J connectivity index is 4.14. The van der Waals surface area contributed by atoms with Crippen LogP contribution in [-0.2, 0) is 9.53 Å². The van der Waals surface area contributed by atoms with Crippen molar-refractivity contribution in [3.8, 4) is 0 Å². The van der Waals surface area contributed by atoms with Crippen molar-refractivity contribution in [2.75, 3.05) is 13.2 Å². The molecule has 0 saturated heterocycles. The largest absolute Gasteiger partial charge is 0.465 e. The second kappa shape index (κ2) is 8.48. The van der Waals surface area contributed by atoms with Crippen LogP contribution in [0.1, 0.15) is 53.9 Å². The molecule has 0 heterocycles. The van der Waals surface area contributed by atoms with E-state index in [0.717, 1.165) is 12.8 Å². The van der Waals surface area contributed by atoms with Crippen molar-refractivity contribution < 1.29 is 14.6 Å². The van der Waals surface area contributed by atoms with E-state index in [9.17, 15) is 9.90 Å². The maximum atomic E-state index is 11.7. The van der Waals surface area contributed by atoms with Gasteiger partial charge in [0.2, 0.25) is 0 Å². The van der Waals surface area contributed by atoms with Crippen molar-refractivity contribution in [2.45, 2.75) is 66.0 Å². The van der Waals surface area contributed by atoms with E-state index in [1.165, 1.54) is 0 Å². The summed E-state index contributed by atoms with van der Waals surface area (Å²) < 4.78 is 5.01. The third-order valence-corrected chi connectivity index (χ3v) is 2.60. The number of hydrogen-bond donors (Lipinski definition) is 2. The van der Waals surface area contributed by atoms with Gasteiger partial charge in [-0.25, -0.2) is 0 Å². The van der Waals surface area contributed by atoms with Crippen molar-refractivity contribution in [1.82, 2.24) is 5.32 Å². The number of aliphatic hydroxyl groups excluding tert-OH is 1. The molecule has 0 aliphatic rings. The van der Waals surface area contributed by atoms with E-state index in [2.05, 4.69) is 26.1 Å². The van der Waals surface area contributed by atoms with Gasteiger partial charge in [0.15, 0.2) is 0 Å². The summed E-state index contributed by atoms with van der Waals surface area (Å²) in [7, 11) is 0. The monoisotopic (exact) mass is 259 g/mol. The van der Waals surface area contributed by atoms with E-state index in [0.29, 0.717) is 19.6 Å². The van der Waals surface area contributed by atoms with Gasteiger partial charge in [0, 0.05) is 6.54 Å². The van der Waals surface area contributed by atoms with E-state index in [4.69, 9.17) is 4.74 Å². The normalized spacial score (nSPS) is 15.2. The molecule has 108 valence electrons. The lowest BCUT2D eigenvalue weighted by atomic mass is 9.89. The molecule has 0 rings (SSSR count). The Morgan fingerprint density at radius 3 is 2.39 bits per heavy atom. The van der Waals surface area contributed by atoms with Crippen molar-refractivity contribution in [2.24, 2.45) is 5.41 Å². The van der Waals surface area contributed by atoms with Crippen LogP contribution >= 0.6 is 0 Å². The highest BCUT2D eigenvalue weighted by Gasteiger charge is 2.21. The Hall–Kier alpha value is -0.610. The van der Waals surface area contributed by atoms with Gasteiger partial charge in [-0.3, -0.25) is 4.79 Å². The molecule has 2 atom stereocenters. The van der Waals surface area contributed by atoms with Gasteiger partial charge in [-0.15, -0.1) is 0 Å². The molecule has 0 aromatic heterocycles. The van der Waals surface area contributed by atoms with Crippen molar-refractivity contribution in [3.63, 3.8) is 0 Å². The molecule has 0 saturated carbocycles. The van der Waals surface area contributed by atoms with Gasteiger partial charge in [-0.2, -0.15) is 0 Å². The average molecular weight is 259 g/mol. The summed E-state index contributed by atoms with van der Waals surface area (Å²) in [6, 6.07) is -0.301. The topological polar surface area (TPSA) is 58.6 Å². The van der Waals surface area contributed by atoms with Crippen LogP contribution in [0.4, 0.5) is 0 Å². The lowest BCUT2D eigenvalue weighted by Gasteiger charge is -2.24. The first kappa shape index (κ1) is 17.4. The summed E-state index contributed by atoms with van der Waals surface area (Å²) in [6.07, 6.45) is 1.92. The number of aliphatic hydroxyl groups is 1. The quantitative estimate of drug-likeness (QED) is 0.655. The third-order valence-electron chi connectivity index (χ3n) is 2.60. The Bertz CT molecular complexity index is 236. The second-order valence-electron chi connectivity index (χ2n) is 5.92. The van der Waals surface area contributed by atoms with Gasteiger partial charge in [-0.1, -0.05) is 34.1 Å². The molecule has 0 spiro atoms. The number of carbonyl (C=O) groups is 1. The smallest absolute Gasteiger partial charge is 0.323 e. The van der Waals surface area contributed by atoms with Crippen LogP contribution in [0.2, 0.25) is 0 Å². The Morgan fingerprint density at radius 2 is 1.94 bits per heavy atom. The fraction of sp³-hybridized carbons (Fsp3) is 0.929. The molecule has 2 unspecified atom stereocenters. The minimum Gasteiger partial charge on any atom is -0.465 e. The van der Waals surface area contributed by atoms with Gasteiger partial charge in [0.1, 0.15) is 6.04 Å². The van der Waals surface area contributed by atoms with Crippen LogP contribution in [0.15, 0.2) is 0 Å². The highest BCUT2D eigenvalue weighted by Crippen LogP contribution is 2.20. The fourth-order valence-electron chi connectivity index (χ4n) is 1.89. The Morgan fingerprint density at radius 1 is 1.33 bits per heavy atom. The number of rotatable bonds is 8. The molecular weight excluding hydrogens is 230 g/mol. The first-order valence-electron chi connectivity index (χ1n) is 6.88. The molecule has 0 bridgehead atoms. The number of esters is 1. The van der Waals surface area contributed by atoms with E-state index in [-0.39, 0.29) is 17.4 Å². The van der Waals surface area contributed by atoms with Crippen LogP contribution in [0, 0.1) is 5.41 Å². The molecular formula is C14H29NO3. The zero-order valence-electron chi connectivity index (χ0n) is 12.5. The van der Waals surface area contributed by atoms with Crippen LogP contribution in [0.5, 0.6) is 0 Å². The average Bonchev–Trinajstić information content (AvgIpc) is 2.21. The lowest BCUT2D eigenvalue weighted by Crippen LogP contribution is -2.42. The van der Waals surface area contributed by atoms with Crippen LogP contribution in [0.3, 0.4) is 0 Å². The zero-order chi connectivity index (χ0) is 14.2. The molecule has 0 aliphatic heterocycles. The summed E-state index contributed by atoms with van der Waals surface area (Å²) in [5.41, 5.74) is 0.0886. The summed E-state index contributed by atoms with van der Waals surface area (Å²) in [6.45, 7) is 10.9. The van der Waals surface area contributed by atoms with Crippen molar-refractivity contribution in [1.29, 1.82) is 0 Å². The molecule has 0 amide bonds. The summed E-state index contributed by atoms with van der Waals surface area (Å²) in [5.74, 6) is -0.220. The van der Waals surface area contributed by atoms with Crippen molar-refractivity contribution >= 4 is 5.97 Å². The number of nitrogens with one attached hydrogen (secondary N) is 1. The minimum absolute atomic E-state index is 0.0886. The maximum Gasteiger partial charge on any atom is 0.323 e. The van der Waals surface area contributed by atoms with Gasteiger partial charge in [0.25, 0.3) is 0 Å². The van der Waals surface area contributed by atoms with Gasteiger partial charge in [0.05, 0.1) is 12.7 Å². The van der Waals surface area contributed by atoms with Gasteiger partial charge >= 0.3 is 5.97 Å². The summed E-state index contributed by atoms with van der Waals surface area (Å²) in [4.78, 5) is 11.7. The Kier molecular flexibility index (Phi) is 8.20. The van der Waals surface area contributed by atoms with Crippen LogP contribution < -0.4 is 5.32 Å². The molecule has 2 N–H and O–H groups in total. The number of hydrogen-bond acceptors (Lipinski definition) is 4. The standard InChI is InChI=1S/C14H29NO3/c1-6-8-12(13(17)18-7-2)15-10-11(16)9-14(3,4)5/h11-12,15-16H,6-10H2,1-5H3. The van der Waals surface area contributed by atoms with Gasteiger partial charge in [-0.05, 0) is 25.2 Å². The lowest BCUT2D eigenvalue weighted by molar-refractivity contribution is -0.146. The molecule has 4 heteroatoms. The van der Waals surface area contributed by atoms with E-state index < -0.39 is 6.10 Å². The predicted octanol–water partition coefficient (Wildman–Crippen LogP) is 2.10. The number of ether oxygens (including phenoxy) is 1. The third kappa shape index (κ3) is 8.48. The summed E-state index contributed by atoms with van der Waals surface area (Å²) in [5, 5.41) is 13.0. The first-order chi connectivity index (χ1) is 8.30. The predicted molar refractivity (Wildman–Crippen MR) is 73.4 cm³/mol. The highest BCUT2D eigenvalue weighted by atomic mass is 16.5.